The molecule has 29 heavy (non-hydrogen) atoms. The van der Waals surface area contributed by atoms with Crippen LogP contribution < -0.4 is 15.4 Å². The standard InChI is InChI=1S/C21H28ClN3O4/c1-14(2)13-29-17-8-7-15(12-16(17)22)23-18(26)6-5-11-25-19(27)21(24-20(25)28)9-3-4-10-21/h7-8,12,14H,3-6,9-11,13H2,1-2H3,(H,23,26)(H,24,28). The number of ether oxygens (including phenoxy) is 1. The van der Waals surface area contributed by atoms with Crippen molar-refractivity contribution in [2.24, 2.45) is 5.92 Å². The Labute approximate surface area is 176 Å². The zero-order valence-corrected chi connectivity index (χ0v) is 17.7. The lowest BCUT2D eigenvalue weighted by atomic mass is 9.98. The summed E-state index contributed by atoms with van der Waals surface area (Å²) in [4.78, 5) is 38.2. The summed E-state index contributed by atoms with van der Waals surface area (Å²) in [7, 11) is 0. The van der Waals surface area contributed by atoms with E-state index in [4.69, 9.17) is 16.3 Å². The molecule has 1 aromatic rings. The Bertz CT molecular complexity index is 790. The summed E-state index contributed by atoms with van der Waals surface area (Å²) in [6, 6.07) is 4.77. The summed E-state index contributed by atoms with van der Waals surface area (Å²) in [5, 5.41) is 6.07. The summed E-state index contributed by atoms with van der Waals surface area (Å²) in [6.07, 6.45) is 3.91. The summed E-state index contributed by atoms with van der Waals surface area (Å²) < 4.78 is 5.62. The first-order valence-electron chi connectivity index (χ1n) is 10.2. The van der Waals surface area contributed by atoms with E-state index >= 15 is 0 Å². The van der Waals surface area contributed by atoms with Crippen LogP contribution >= 0.6 is 11.6 Å². The Kier molecular flexibility index (Phi) is 6.67. The van der Waals surface area contributed by atoms with Gasteiger partial charge in [0.2, 0.25) is 5.91 Å². The topological polar surface area (TPSA) is 87.7 Å². The van der Waals surface area contributed by atoms with Gasteiger partial charge in [-0.05, 0) is 43.4 Å². The number of amides is 4. The highest BCUT2D eigenvalue weighted by molar-refractivity contribution is 6.32. The molecule has 1 heterocycles. The van der Waals surface area contributed by atoms with E-state index in [9.17, 15) is 14.4 Å². The SMILES string of the molecule is CC(C)COc1ccc(NC(=O)CCCN2C(=O)NC3(CCCC3)C2=O)cc1Cl. The first kappa shape index (κ1) is 21.4. The second-order valence-corrected chi connectivity index (χ2v) is 8.59. The van der Waals surface area contributed by atoms with E-state index in [-0.39, 0.29) is 30.8 Å². The number of anilines is 1. The van der Waals surface area contributed by atoms with Crippen molar-refractivity contribution in [2.45, 2.75) is 57.9 Å². The summed E-state index contributed by atoms with van der Waals surface area (Å²) in [5.74, 6) is 0.625. The lowest BCUT2D eigenvalue weighted by Gasteiger charge is -2.19. The van der Waals surface area contributed by atoms with Crippen LogP contribution in [0.2, 0.25) is 5.02 Å². The van der Waals surface area contributed by atoms with Gasteiger partial charge in [0.25, 0.3) is 5.91 Å². The molecule has 0 atom stereocenters. The molecule has 1 aliphatic carbocycles. The number of hydrogen-bond donors (Lipinski definition) is 2. The molecule has 4 amide bonds. The van der Waals surface area contributed by atoms with Gasteiger partial charge in [-0.2, -0.15) is 0 Å². The molecule has 1 saturated carbocycles. The highest BCUT2D eigenvalue weighted by Gasteiger charge is 2.51. The van der Waals surface area contributed by atoms with Crippen LogP contribution in [0.5, 0.6) is 5.75 Å². The number of benzene rings is 1. The average Bonchev–Trinajstić information content (AvgIpc) is 3.21. The fourth-order valence-corrected chi connectivity index (χ4v) is 4.01. The molecule has 2 aliphatic rings. The minimum Gasteiger partial charge on any atom is -0.492 e. The van der Waals surface area contributed by atoms with Gasteiger partial charge in [0.15, 0.2) is 0 Å². The van der Waals surface area contributed by atoms with Gasteiger partial charge in [0.05, 0.1) is 11.6 Å². The number of halogens is 1. The van der Waals surface area contributed by atoms with Crippen molar-refractivity contribution < 1.29 is 19.1 Å². The number of rotatable bonds is 8. The molecule has 7 nitrogen and oxygen atoms in total. The lowest BCUT2D eigenvalue weighted by Crippen LogP contribution is -2.44. The van der Waals surface area contributed by atoms with Crippen molar-refractivity contribution in [3.05, 3.63) is 23.2 Å². The smallest absolute Gasteiger partial charge is 0.325 e. The molecule has 1 aliphatic heterocycles. The summed E-state index contributed by atoms with van der Waals surface area (Å²) in [6.45, 7) is 4.91. The molecule has 0 aromatic heterocycles. The number of carbonyl (C=O) groups excluding carboxylic acids is 3. The van der Waals surface area contributed by atoms with Gasteiger partial charge in [0.1, 0.15) is 11.3 Å². The monoisotopic (exact) mass is 421 g/mol. The van der Waals surface area contributed by atoms with E-state index < -0.39 is 5.54 Å². The average molecular weight is 422 g/mol. The maximum Gasteiger partial charge on any atom is 0.325 e. The Balaban J connectivity index is 1.46. The molecule has 1 saturated heterocycles. The highest BCUT2D eigenvalue weighted by Crippen LogP contribution is 2.35. The van der Waals surface area contributed by atoms with Crippen molar-refractivity contribution in [1.29, 1.82) is 0 Å². The van der Waals surface area contributed by atoms with E-state index in [0.29, 0.717) is 48.2 Å². The van der Waals surface area contributed by atoms with Gasteiger partial charge in [-0.15, -0.1) is 0 Å². The predicted octanol–water partition coefficient (Wildman–Crippen LogP) is 3.96. The predicted molar refractivity (Wildman–Crippen MR) is 111 cm³/mol. The van der Waals surface area contributed by atoms with Crippen LogP contribution in [0.15, 0.2) is 18.2 Å². The molecule has 8 heteroatoms. The molecule has 2 N–H and O–H groups in total. The second-order valence-electron chi connectivity index (χ2n) is 8.18. The van der Waals surface area contributed by atoms with E-state index in [2.05, 4.69) is 24.5 Å². The Morgan fingerprint density at radius 2 is 2.03 bits per heavy atom. The first-order chi connectivity index (χ1) is 13.8. The van der Waals surface area contributed by atoms with Gasteiger partial charge >= 0.3 is 6.03 Å². The molecule has 3 rings (SSSR count). The molecule has 0 unspecified atom stereocenters. The van der Waals surface area contributed by atoms with Crippen LogP contribution in [0.4, 0.5) is 10.5 Å². The van der Waals surface area contributed by atoms with Crippen LogP contribution in [0.1, 0.15) is 52.4 Å². The maximum absolute atomic E-state index is 12.6. The minimum absolute atomic E-state index is 0.149. The van der Waals surface area contributed by atoms with Gasteiger partial charge in [-0.1, -0.05) is 38.3 Å². The molecule has 1 spiro atoms. The molecule has 0 radical (unpaired) electrons. The fraction of sp³-hybridized carbons (Fsp3) is 0.571. The number of nitrogens with one attached hydrogen (secondary N) is 2. The van der Waals surface area contributed by atoms with Crippen molar-refractivity contribution >= 4 is 35.1 Å². The third kappa shape index (κ3) is 5.01. The van der Waals surface area contributed by atoms with E-state index in [1.807, 2.05) is 0 Å². The number of imide groups is 1. The van der Waals surface area contributed by atoms with Crippen LogP contribution in [-0.4, -0.2) is 41.4 Å². The van der Waals surface area contributed by atoms with Gasteiger partial charge < -0.3 is 15.4 Å². The third-order valence-corrected chi connectivity index (χ3v) is 5.57. The van der Waals surface area contributed by atoms with Gasteiger partial charge in [-0.25, -0.2) is 4.79 Å². The normalized spacial score (nSPS) is 17.9. The molecular formula is C21H28ClN3O4. The summed E-state index contributed by atoms with van der Waals surface area (Å²) >= 11 is 6.21. The van der Waals surface area contributed by atoms with Crippen LogP contribution in [0.3, 0.4) is 0 Å². The van der Waals surface area contributed by atoms with Gasteiger partial charge in [0, 0.05) is 18.7 Å². The lowest BCUT2D eigenvalue weighted by molar-refractivity contribution is -0.131. The highest BCUT2D eigenvalue weighted by atomic mass is 35.5. The molecule has 2 fully saturated rings. The molecule has 1 aromatic carbocycles. The van der Waals surface area contributed by atoms with Crippen LogP contribution in [0, 0.1) is 5.92 Å². The van der Waals surface area contributed by atoms with E-state index in [1.165, 1.54) is 4.90 Å². The Morgan fingerprint density at radius 1 is 1.31 bits per heavy atom. The Morgan fingerprint density at radius 3 is 2.69 bits per heavy atom. The van der Waals surface area contributed by atoms with Crippen molar-refractivity contribution in [3.8, 4) is 5.75 Å². The largest absolute Gasteiger partial charge is 0.492 e. The molecular weight excluding hydrogens is 394 g/mol. The number of hydrogen-bond acceptors (Lipinski definition) is 4. The van der Waals surface area contributed by atoms with Crippen molar-refractivity contribution in [1.82, 2.24) is 10.2 Å². The Hall–Kier alpha value is -2.28. The second kappa shape index (κ2) is 9.03. The van der Waals surface area contributed by atoms with Crippen LogP contribution in [-0.2, 0) is 9.59 Å². The molecule has 0 bridgehead atoms. The summed E-state index contributed by atoms with van der Waals surface area (Å²) in [5.41, 5.74) is -0.119. The fourth-order valence-electron chi connectivity index (χ4n) is 3.77. The van der Waals surface area contributed by atoms with Crippen LogP contribution in [0.25, 0.3) is 0 Å². The number of nitrogens with zero attached hydrogens (tertiary/aromatic N) is 1. The quantitative estimate of drug-likeness (QED) is 0.622. The van der Waals surface area contributed by atoms with E-state index in [1.54, 1.807) is 18.2 Å². The van der Waals surface area contributed by atoms with Crippen molar-refractivity contribution in [3.63, 3.8) is 0 Å². The zero-order valence-electron chi connectivity index (χ0n) is 16.9. The first-order valence-corrected chi connectivity index (χ1v) is 10.5. The minimum atomic E-state index is -0.699. The number of carbonyl (C=O) groups is 3. The zero-order chi connectivity index (χ0) is 21.0. The van der Waals surface area contributed by atoms with Crippen molar-refractivity contribution in [2.75, 3.05) is 18.5 Å². The van der Waals surface area contributed by atoms with E-state index in [0.717, 1.165) is 12.8 Å². The molecule has 158 valence electrons. The number of urea groups is 1. The third-order valence-electron chi connectivity index (χ3n) is 5.28. The van der Waals surface area contributed by atoms with Gasteiger partial charge in [-0.3, -0.25) is 14.5 Å². The maximum atomic E-state index is 12.6.